The predicted molar refractivity (Wildman–Crippen MR) is 74.7 cm³/mol. The monoisotopic (exact) mass is 292 g/mol. The zero-order valence-electron chi connectivity index (χ0n) is 10.5. The number of hydrogen-bond acceptors (Lipinski definition) is 3. The molecule has 104 valence electrons. The smallest absolute Gasteiger partial charge is 0.267 e. The maximum Gasteiger partial charge on any atom is 0.267 e. The molecular formula is C13H13ClN4O2. The lowest BCUT2D eigenvalue weighted by molar-refractivity contribution is 0.0925. The van der Waals surface area contributed by atoms with Crippen molar-refractivity contribution >= 4 is 23.4 Å². The van der Waals surface area contributed by atoms with Crippen LogP contribution >= 0.6 is 11.6 Å². The number of carbonyl (C=O) groups is 2. The van der Waals surface area contributed by atoms with Gasteiger partial charge in [-0.05, 0) is 18.2 Å². The van der Waals surface area contributed by atoms with Gasteiger partial charge in [0.1, 0.15) is 5.69 Å². The Kier molecular flexibility index (Phi) is 4.73. The van der Waals surface area contributed by atoms with Gasteiger partial charge in [-0.25, -0.2) is 0 Å². The molecule has 0 fully saturated rings. The first-order valence-corrected chi connectivity index (χ1v) is 6.35. The molecule has 2 heterocycles. The van der Waals surface area contributed by atoms with Crippen molar-refractivity contribution in [2.24, 2.45) is 0 Å². The van der Waals surface area contributed by atoms with Crippen molar-refractivity contribution in [3.8, 4) is 0 Å². The van der Waals surface area contributed by atoms with Gasteiger partial charge in [-0.1, -0.05) is 11.6 Å². The van der Waals surface area contributed by atoms with Gasteiger partial charge in [-0.3, -0.25) is 14.6 Å². The third-order valence-corrected chi connectivity index (χ3v) is 2.73. The lowest BCUT2D eigenvalue weighted by Gasteiger charge is -2.06. The standard InChI is InChI=1S/C13H13ClN4O2/c14-10-6-11(18-8-10)13(20)17-5-4-16-12(19)9-2-1-3-15-7-9/h1-3,6-8,18H,4-5H2,(H,16,19)(H,17,20). The third kappa shape index (κ3) is 3.83. The second kappa shape index (κ2) is 6.72. The fourth-order valence-corrected chi connectivity index (χ4v) is 1.71. The number of hydrogen-bond donors (Lipinski definition) is 3. The normalized spacial score (nSPS) is 10.1. The lowest BCUT2D eigenvalue weighted by Crippen LogP contribution is -2.34. The van der Waals surface area contributed by atoms with E-state index in [1.54, 1.807) is 18.3 Å². The summed E-state index contributed by atoms with van der Waals surface area (Å²) in [5.74, 6) is -0.497. The van der Waals surface area contributed by atoms with Crippen LogP contribution in [-0.4, -0.2) is 34.9 Å². The van der Waals surface area contributed by atoms with Crippen LogP contribution in [0.4, 0.5) is 0 Å². The third-order valence-electron chi connectivity index (χ3n) is 2.51. The molecule has 2 aromatic heterocycles. The van der Waals surface area contributed by atoms with Crippen molar-refractivity contribution in [2.75, 3.05) is 13.1 Å². The van der Waals surface area contributed by atoms with Crippen LogP contribution in [-0.2, 0) is 0 Å². The van der Waals surface area contributed by atoms with Gasteiger partial charge >= 0.3 is 0 Å². The van der Waals surface area contributed by atoms with E-state index in [2.05, 4.69) is 20.6 Å². The van der Waals surface area contributed by atoms with Crippen molar-refractivity contribution < 1.29 is 9.59 Å². The first-order valence-electron chi connectivity index (χ1n) is 5.97. The highest BCUT2D eigenvalue weighted by Gasteiger charge is 2.08. The van der Waals surface area contributed by atoms with Gasteiger partial charge in [-0.15, -0.1) is 0 Å². The van der Waals surface area contributed by atoms with Gasteiger partial charge in [0.15, 0.2) is 0 Å². The summed E-state index contributed by atoms with van der Waals surface area (Å²) in [6.07, 6.45) is 4.61. The van der Waals surface area contributed by atoms with Crippen molar-refractivity contribution in [1.82, 2.24) is 20.6 Å². The maximum atomic E-state index is 11.7. The molecule has 7 heteroatoms. The number of nitrogens with zero attached hydrogens (tertiary/aromatic N) is 1. The fourth-order valence-electron chi connectivity index (χ4n) is 1.55. The van der Waals surface area contributed by atoms with Crippen LogP contribution in [0.5, 0.6) is 0 Å². The number of aromatic amines is 1. The Balaban J connectivity index is 1.72. The van der Waals surface area contributed by atoms with E-state index in [1.165, 1.54) is 18.5 Å². The molecule has 0 aliphatic rings. The Bertz CT molecular complexity index is 597. The van der Waals surface area contributed by atoms with Crippen molar-refractivity contribution in [2.45, 2.75) is 0 Å². The summed E-state index contributed by atoms with van der Waals surface area (Å²) in [6.45, 7) is 0.648. The summed E-state index contributed by atoms with van der Waals surface area (Å²) in [7, 11) is 0. The summed E-state index contributed by atoms with van der Waals surface area (Å²) in [5.41, 5.74) is 0.864. The van der Waals surface area contributed by atoms with Gasteiger partial charge < -0.3 is 15.6 Å². The van der Waals surface area contributed by atoms with Crippen LogP contribution in [0.1, 0.15) is 20.8 Å². The number of pyridine rings is 1. The molecule has 0 aromatic carbocycles. The number of nitrogens with one attached hydrogen (secondary N) is 3. The van der Waals surface area contributed by atoms with E-state index in [0.29, 0.717) is 29.4 Å². The molecule has 2 aromatic rings. The molecule has 0 spiro atoms. The molecule has 0 bridgehead atoms. The molecule has 0 aliphatic carbocycles. The van der Waals surface area contributed by atoms with Crippen molar-refractivity contribution in [3.63, 3.8) is 0 Å². The van der Waals surface area contributed by atoms with Gasteiger partial charge in [0.25, 0.3) is 11.8 Å². The largest absolute Gasteiger partial charge is 0.356 e. The van der Waals surface area contributed by atoms with E-state index >= 15 is 0 Å². The molecule has 6 nitrogen and oxygen atoms in total. The molecule has 0 saturated heterocycles. The summed E-state index contributed by atoms with van der Waals surface area (Å²) >= 11 is 5.70. The van der Waals surface area contributed by atoms with Gasteiger partial charge in [0.2, 0.25) is 0 Å². The molecule has 0 saturated carbocycles. The number of H-pyrrole nitrogens is 1. The molecule has 0 aliphatic heterocycles. The molecule has 0 atom stereocenters. The SMILES string of the molecule is O=C(NCCNC(=O)c1cc(Cl)c[nH]1)c1cccnc1. The highest BCUT2D eigenvalue weighted by Crippen LogP contribution is 2.08. The van der Waals surface area contributed by atoms with E-state index in [9.17, 15) is 9.59 Å². The van der Waals surface area contributed by atoms with Gasteiger partial charge in [-0.2, -0.15) is 0 Å². The summed E-state index contributed by atoms with van der Waals surface area (Å²) in [6, 6.07) is 4.89. The zero-order valence-corrected chi connectivity index (χ0v) is 11.3. The van der Waals surface area contributed by atoms with Gasteiger partial charge in [0, 0.05) is 31.7 Å². The van der Waals surface area contributed by atoms with E-state index in [4.69, 9.17) is 11.6 Å². The Labute approximate surface area is 120 Å². The Morgan fingerprint density at radius 2 is 2.00 bits per heavy atom. The number of rotatable bonds is 5. The molecule has 2 rings (SSSR count). The second-order valence-corrected chi connectivity index (χ2v) is 4.42. The van der Waals surface area contributed by atoms with E-state index < -0.39 is 0 Å². The van der Waals surface area contributed by atoms with Crippen LogP contribution in [0.3, 0.4) is 0 Å². The number of carbonyl (C=O) groups excluding carboxylic acids is 2. The van der Waals surface area contributed by atoms with Crippen molar-refractivity contribution in [1.29, 1.82) is 0 Å². The number of aromatic nitrogens is 2. The van der Waals surface area contributed by atoms with Gasteiger partial charge in [0.05, 0.1) is 10.6 Å². The van der Waals surface area contributed by atoms with E-state index in [1.807, 2.05) is 0 Å². The van der Waals surface area contributed by atoms with E-state index in [-0.39, 0.29) is 11.8 Å². The molecule has 20 heavy (non-hydrogen) atoms. The summed E-state index contributed by atoms with van der Waals surface area (Å²) in [4.78, 5) is 29.9. The van der Waals surface area contributed by atoms with E-state index in [0.717, 1.165) is 0 Å². The van der Waals surface area contributed by atoms with Crippen LogP contribution in [0, 0.1) is 0 Å². The van der Waals surface area contributed by atoms with Crippen molar-refractivity contribution in [3.05, 3.63) is 53.1 Å². The quantitative estimate of drug-likeness (QED) is 0.724. The minimum absolute atomic E-state index is 0.227. The van der Waals surface area contributed by atoms with Crippen LogP contribution in [0.25, 0.3) is 0 Å². The number of halogens is 1. The zero-order chi connectivity index (χ0) is 14.4. The average Bonchev–Trinajstić information content (AvgIpc) is 2.91. The summed E-state index contributed by atoms with van der Waals surface area (Å²) < 4.78 is 0. The molecule has 2 amide bonds. The van der Waals surface area contributed by atoms with Crippen LogP contribution < -0.4 is 10.6 Å². The molecular weight excluding hydrogens is 280 g/mol. The minimum atomic E-state index is -0.271. The Morgan fingerprint density at radius 3 is 2.60 bits per heavy atom. The second-order valence-electron chi connectivity index (χ2n) is 3.99. The topological polar surface area (TPSA) is 86.9 Å². The first kappa shape index (κ1) is 14.1. The molecule has 0 radical (unpaired) electrons. The highest BCUT2D eigenvalue weighted by atomic mass is 35.5. The summed E-state index contributed by atoms with van der Waals surface area (Å²) in [5, 5.41) is 5.81. The van der Waals surface area contributed by atoms with Crippen LogP contribution in [0.15, 0.2) is 36.8 Å². The predicted octanol–water partition coefficient (Wildman–Crippen LogP) is 1.22. The fraction of sp³-hybridized carbons (Fsp3) is 0.154. The lowest BCUT2D eigenvalue weighted by atomic mass is 10.3. The Morgan fingerprint density at radius 1 is 1.25 bits per heavy atom. The first-order chi connectivity index (χ1) is 9.66. The van der Waals surface area contributed by atoms with Crippen LogP contribution in [0.2, 0.25) is 5.02 Å². The minimum Gasteiger partial charge on any atom is -0.356 e. The molecule has 0 unspecified atom stereocenters. The molecule has 3 N–H and O–H groups in total. The average molecular weight is 293 g/mol. The Hall–Kier alpha value is -2.34. The maximum absolute atomic E-state index is 11.7. The highest BCUT2D eigenvalue weighted by molar-refractivity contribution is 6.30. The number of amides is 2.